The van der Waals surface area contributed by atoms with E-state index in [1.54, 1.807) is 0 Å². The van der Waals surface area contributed by atoms with Gasteiger partial charge in [0, 0.05) is 6.42 Å². The van der Waals surface area contributed by atoms with Crippen molar-refractivity contribution in [2.45, 2.75) is 12.8 Å². The highest BCUT2D eigenvalue weighted by molar-refractivity contribution is 5.69. The maximum Gasteiger partial charge on any atom is 0.306 e. The number of allylic oxidation sites excluding steroid dienone is 1. The number of carbonyl (C=O) groups excluding carboxylic acids is 1. The smallest absolute Gasteiger partial charge is 0.306 e. The van der Waals surface area contributed by atoms with Crippen LogP contribution in [0.2, 0.25) is 0 Å². The molecule has 1 heterocycles. The first-order chi connectivity index (χ1) is 3.89. The van der Waals surface area contributed by atoms with Gasteiger partial charge in [-0.05, 0) is 6.42 Å². The van der Waals surface area contributed by atoms with E-state index in [2.05, 4.69) is 4.74 Å². The number of rotatable bonds is 0. The Hall–Kier alpha value is -0.790. The largest absolute Gasteiger partial charge is 0.461 e. The Bertz CT molecular complexity index is 104. The lowest BCUT2D eigenvalue weighted by molar-refractivity contribution is -0.141. The number of cyclic esters (lactones) is 1. The van der Waals surface area contributed by atoms with Crippen molar-refractivity contribution in [2.75, 3.05) is 6.61 Å². The van der Waals surface area contributed by atoms with Crippen molar-refractivity contribution in [1.29, 1.82) is 0 Å². The van der Waals surface area contributed by atoms with E-state index in [-0.39, 0.29) is 5.97 Å². The van der Waals surface area contributed by atoms with Gasteiger partial charge < -0.3 is 4.74 Å². The molecular weight excluding hydrogens is 104 g/mol. The summed E-state index contributed by atoms with van der Waals surface area (Å²) in [7, 11) is 0. The zero-order valence-electron chi connectivity index (χ0n) is 4.59. The van der Waals surface area contributed by atoms with Gasteiger partial charge in [-0.2, -0.15) is 0 Å². The molecule has 0 atom stereocenters. The summed E-state index contributed by atoms with van der Waals surface area (Å²) in [4.78, 5) is 10.4. The fourth-order valence-electron chi connectivity index (χ4n) is 0.600. The molecule has 1 aliphatic rings. The Morgan fingerprint density at radius 3 is 3.25 bits per heavy atom. The topological polar surface area (TPSA) is 26.3 Å². The number of esters is 1. The van der Waals surface area contributed by atoms with Gasteiger partial charge in [-0.15, -0.1) is 0 Å². The maximum absolute atomic E-state index is 10.4. The molecule has 8 heavy (non-hydrogen) atoms. The van der Waals surface area contributed by atoms with Crippen LogP contribution < -0.4 is 0 Å². The molecule has 1 rings (SSSR count). The molecule has 44 valence electrons. The van der Waals surface area contributed by atoms with Crippen LogP contribution in [0.5, 0.6) is 0 Å². The average Bonchev–Trinajstić information content (AvgIpc) is 1.94. The van der Waals surface area contributed by atoms with Gasteiger partial charge >= 0.3 is 5.97 Å². The molecule has 0 unspecified atom stereocenters. The lowest BCUT2D eigenvalue weighted by Crippen LogP contribution is -2.00. The molecule has 0 saturated carbocycles. The Morgan fingerprint density at radius 1 is 1.50 bits per heavy atom. The van der Waals surface area contributed by atoms with Crippen molar-refractivity contribution < 1.29 is 9.53 Å². The number of hydrogen-bond donors (Lipinski definition) is 0. The summed E-state index contributed by atoms with van der Waals surface area (Å²) in [6.07, 6.45) is 5.20. The van der Waals surface area contributed by atoms with Crippen molar-refractivity contribution >= 4 is 5.97 Å². The van der Waals surface area contributed by atoms with Gasteiger partial charge in [0.2, 0.25) is 0 Å². The minimum atomic E-state index is -0.0880. The van der Waals surface area contributed by atoms with Gasteiger partial charge in [-0.1, -0.05) is 12.2 Å². The predicted octanol–water partition coefficient (Wildman–Crippen LogP) is 0.880. The predicted molar refractivity (Wildman–Crippen MR) is 29.3 cm³/mol. The summed E-state index contributed by atoms with van der Waals surface area (Å²) >= 11 is 0. The van der Waals surface area contributed by atoms with Crippen LogP contribution in [-0.4, -0.2) is 12.6 Å². The summed E-state index contributed by atoms with van der Waals surface area (Å²) < 4.78 is 4.68. The van der Waals surface area contributed by atoms with E-state index >= 15 is 0 Å². The molecule has 2 nitrogen and oxygen atoms in total. The SMILES string of the molecule is O=C1CCC=CCO1. The molecule has 0 N–H and O–H groups in total. The van der Waals surface area contributed by atoms with Crippen LogP contribution in [0, 0.1) is 0 Å². The van der Waals surface area contributed by atoms with Crippen molar-refractivity contribution in [3.63, 3.8) is 0 Å². The first-order valence-corrected chi connectivity index (χ1v) is 2.70. The molecule has 0 radical (unpaired) electrons. The van der Waals surface area contributed by atoms with Crippen LogP contribution >= 0.6 is 0 Å². The van der Waals surface area contributed by atoms with Crippen molar-refractivity contribution in [3.05, 3.63) is 12.2 Å². The van der Waals surface area contributed by atoms with Gasteiger partial charge in [0.25, 0.3) is 0 Å². The van der Waals surface area contributed by atoms with Gasteiger partial charge in [0.1, 0.15) is 6.61 Å². The molecule has 0 aliphatic carbocycles. The molecule has 0 spiro atoms. The van der Waals surface area contributed by atoms with E-state index in [9.17, 15) is 4.79 Å². The zero-order valence-corrected chi connectivity index (χ0v) is 4.59. The van der Waals surface area contributed by atoms with E-state index in [0.717, 1.165) is 6.42 Å². The molecule has 0 aromatic heterocycles. The Labute approximate surface area is 48.1 Å². The van der Waals surface area contributed by atoms with Gasteiger partial charge in [-0.25, -0.2) is 0 Å². The van der Waals surface area contributed by atoms with Crippen LogP contribution in [0.25, 0.3) is 0 Å². The molecular formula is C6H8O2. The molecule has 2 heteroatoms. The van der Waals surface area contributed by atoms with Gasteiger partial charge in [0.15, 0.2) is 0 Å². The normalized spacial score (nSPS) is 19.8. The van der Waals surface area contributed by atoms with E-state index in [1.165, 1.54) is 0 Å². The van der Waals surface area contributed by atoms with Crippen molar-refractivity contribution in [2.24, 2.45) is 0 Å². The molecule has 1 aliphatic heterocycles. The van der Waals surface area contributed by atoms with Crippen LogP contribution in [0.4, 0.5) is 0 Å². The summed E-state index contributed by atoms with van der Waals surface area (Å²) in [5.41, 5.74) is 0. The van der Waals surface area contributed by atoms with Gasteiger partial charge in [-0.3, -0.25) is 4.79 Å². The molecule has 0 aromatic rings. The van der Waals surface area contributed by atoms with Crippen LogP contribution in [-0.2, 0) is 9.53 Å². The highest BCUT2D eigenvalue weighted by atomic mass is 16.5. The summed E-state index contributed by atoms with van der Waals surface area (Å²) in [5.74, 6) is -0.0880. The van der Waals surface area contributed by atoms with Crippen molar-refractivity contribution in [1.82, 2.24) is 0 Å². The molecule has 0 aromatic carbocycles. The Balaban J connectivity index is 2.39. The van der Waals surface area contributed by atoms with Crippen LogP contribution in [0.15, 0.2) is 12.2 Å². The standard InChI is InChI=1S/C6H8O2/c7-6-4-2-1-3-5-8-6/h1,3H,2,4-5H2. The minimum absolute atomic E-state index is 0.0880. The average molecular weight is 112 g/mol. The Morgan fingerprint density at radius 2 is 2.38 bits per heavy atom. The second kappa shape index (κ2) is 2.50. The monoisotopic (exact) mass is 112 g/mol. The molecule has 0 fully saturated rings. The fourth-order valence-corrected chi connectivity index (χ4v) is 0.600. The lowest BCUT2D eigenvalue weighted by Gasteiger charge is -1.93. The second-order valence-corrected chi connectivity index (χ2v) is 1.69. The van der Waals surface area contributed by atoms with Crippen molar-refractivity contribution in [3.8, 4) is 0 Å². The maximum atomic E-state index is 10.4. The molecule has 0 bridgehead atoms. The number of ether oxygens (including phenoxy) is 1. The van der Waals surface area contributed by atoms with E-state index in [4.69, 9.17) is 0 Å². The van der Waals surface area contributed by atoms with E-state index in [1.807, 2.05) is 12.2 Å². The third-order valence-electron chi connectivity index (χ3n) is 1.02. The Kier molecular flexibility index (Phi) is 1.67. The lowest BCUT2D eigenvalue weighted by atomic mass is 10.3. The second-order valence-electron chi connectivity index (χ2n) is 1.69. The quantitative estimate of drug-likeness (QED) is 0.343. The molecule has 0 amide bonds. The number of carbonyl (C=O) groups is 1. The zero-order chi connectivity index (χ0) is 5.82. The van der Waals surface area contributed by atoms with Crippen LogP contribution in [0.1, 0.15) is 12.8 Å². The summed E-state index contributed by atoms with van der Waals surface area (Å²) in [6, 6.07) is 0. The third-order valence-corrected chi connectivity index (χ3v) is 1.02. The fraction of sp³-hybridized carbons (Fsp3) is 0.500. The first-order valence-electron chi connectivity index (χ1n) is 2.70. The highest BCUT2D eigenvalue weighted by Crippen LogP contribution is 1.98. The minimum Gasteiger partial charge on any atom is -0.461 e. The highest BCUT2D eigenvalue weighted by Gasteiger charge is 2.00. The third kappa shape index (κ3) is 1.37. The van der Waals surface area contributed by atoms with Crippen LogP contribution in [0.3, 0.4) is 0 Å². The van der Waals surface area contributed by atoms with Gasteiger partial charge in [0.05, 0.1) is 0 Å². The van der Waals surface area contributed by atoms with E-state index < -0.39 is 0 Å². The van der Waals surface area contributed by atoms with E-state index in [0.29, 0.717) is 13.0 Å². The molecule has 0 saturated heterocycles. The number of hydrogen-bond acceptors (Lipinski definition) is 2. The summed E-state index contributed by atoms with van der Waals surface area (Å²) in [6.45, 7) is 0.457. The first kappa shape index (κ1) is 5.35. The summed E-state index contributed by atoms with van der Waals surface area (Å²) in [5, 5.41) is 0.